The van der Waals surface area contributed by atoms with Crippen LogP contribution in [0.1, 0.15) is 49.2 Å². The largest absolute Gasteiger partial charge is 0.322 e. The van der Waals surface area contributed by atoms with Crippen LogP contribution in [0.4, 0.5) is 10.5 Å². The van der Waals surface area contributed by atoms with E-state index in [0.29, 0.717) is 5.92 Å². The molecule has 1 aromatic heterocycles. The second kappa shape index (κ2) is 8.15. The Hall–Kier alpha value is -2.66. The van der Waals surface area contributed by atoms with E-state index >= 15 is 0 Å². The molecule has 4 nitrogen and oxygen atoms in total. The standard InChI is InChI=1S/C23H25N3OS/c1-16(2)18-10-6-11-19(14-18)24-23(27)26-13-7-12-21(26)22-25-20(15-28-22)17-8-4-3-5-9-17/h3-6,8-11,14-16,21H,7,12-13H2,1-2H3,(H,24,27)/t21-/m0/s1. The summed E-state index contributed by atoms with van der Waals surface area (Å²) in [5.74, 6) is 0.433. The third-order valence-electron chi connectivity index (χ3n) is 5.19. The van der Waals surface area contributed by atoms with Crippen molar-refractivity contribution in [1.29, 1.82) is 0 Å². The lowest BCUT2D eigenvalue weighted by Gasteiger charge is -2.23. The van der Waals surface area contributed by atoms with Crippen molar-refractivity contribution in [3.63, 3.8) is 0 Å². The predicted octanol–water partition coefficient (Wildman–Crippen LogP) is 6.30. The summed E-state index contributed by atoms with van der Waals surface area (Å²) in [6.45, 7) is 5.08. The first kappa shape index (κ1) is 18.7. The van der Waals surface area contributed by atoms with E-state index < -0.39 is 0 Å². The van der Waals surface area contributed by atoms with Crippen molar-refractivity contribution in [3.05, 3.63) is 70.5 Å². The van der Waals surface area contributed by atoms with E-state index in [1.165, 1.54) is 5.56 Å². The number of hydrogen-bond donors (Lipinski definition) is 1. The van der Waals surface area contributed by atoms with E-state index in [0.717, 1.165) is 41.3 Å². The SMILES string of the molecule is CC(C)c1cccc(NC(=O)N2CCC[C@H]2c2nc(-c3ccccc3)cs2)c1. The molecule has 0 bridgehead atoms. The minimum Gasteiger partial charge on any atom is -0.315 e. The van der Waals surface area contributed by atoms with Gasteiger partial charge in [-0.2, -0.15) is 0 Å². The van der Waals surface area contributed by atoms with Crippen LogP contribution in [0.5, 0.6) is 0 Å². The summed E-state index contributed by atoms with van der Waals surface area (Å²) in [6, 6.07) is 18.3. The topological polar surface area (TPSA) is 45.2 Å². The van der Waals surface area contributed by atoms with Crippen LogP contribution in [0.3, 0.4) is 0 Å². The van der Waals surface area contributed by atoms with Crippen LogP contribution in [0.25, 0.3) is 11.3 Å². The summed E-state index contributed by atoms with van der Waals surface area (Å²) in [7, 11) is 0. The molecule has 3 aromatic rings. The van der Waals surface area contributed by atoms with Crippen LogP contribution in [0.15, 0.2) is 60.0 Å². The van der Waals surface area contributed by atoms with Crippen LogP contribution in [-0.4, -0.2) is 22.5 Å². The van der Waals surface area contributed by atoms with Gasteiger partial charge in [0.15, 0.2) is 0 Å². The normalized spacial score (nSPS) is 16.5. The lowest BCUT2D eigenvalue weighted by Crippen LogP contribution is -2.34. The maximum absolute atomic E-state index is 12.9. The highest BCUT2D eigenvalue weighted by Crippen LogP contribution is 2.36. The number of nitrogens with zero attached hydrogens (tertiary/aromatic N) is 2. The molecule has 4 rings (SSSR count). The van der Waals surface area contributed by atoms with Gasteiger partial charge >= 0.3 is 6.03 Å². The highest BCUT2D eigenvalue weighted by atomic mass is 32.1. The maximum Gasteiger partial charge on any atom is 0.322 e. The number of aromatic nitrogens is 1. The van der Waals surface area contributed by atoms with E-state index in [-0.39, 0.29) is 12.1 Å². The highest BCUT2D eigenvalue weighted by Gasteiger charge is 2.32. The molecule has 0 aliphatic carbocycles. The molecule has 1 aliphatic heterocycles. The number of likely N-dealkylation sites (tertiary alicyclic amines) is 1. The van der Waals surface area contributed by atoms with Gasteiger partial charge in [0, 0.05) is 23.2 Å². The average Bonchev–Trinajstić information content (AvgIpc) is 3.38. The molecule has 1 aliphatic rings. The maximum atomic E-state index is 12.9. The van der Waals surface area contributed by atoms with Crippen molar-refractivity contribution in [2.45, 2.75) is 38.6 Å². The molecule has 1 atom stereocenters. The fourth-order valence-electron chi connectivity index (χ4n) is 3.62. The molecule has 1 N–H and O–H groups in total. The molecule has 1 fully saturated rings. The third-order valence-corrected chi connectivity index (χ3v) is 6.14. The Morgan fingerprint density at radius 3 is 2.79 bits per heavy atom. The minimum absolute atomic E-state index is 0.0418. The number of rotatable bonds is 4. The first-order valence-corrected chi connectivity index (χ1v) is 10.7. The number of hydrogen-bond acceptors (Lipinski definition) is 3. The summed E-state index contributed by atoms with van der Waals surface area (Å²) in [5, 5.41) is 6.19. The molecule has 0 unspecified atom stereocenters. The number of carbonyl (C=O) groups is 1. The molecule has 0 radical (unpaired) electrons. The average molecular weight is 392 g/mol. The Morgan fingerprint density at radius 1 is 1.18 bits per heavy atom. The molecule has 0 spiro atoms. The van der Waals surface area contributed by atoms with Crippen molar-refractivity contribution in [2.24, 2.45) is 0 Å². The number of nitrogens with one attached hydrogen (secondary N) is 1. The fourth-order valence-corrected chi connectivity index (χ4v) is 4.59. The zero-order chi connectivity index (χ0) is 19.5. The van der Waals surface area contributed by atoms with E-state index in [2.05, 4.69) is 48.8 Å². The minimum atomic E-state index is -0.0418. The Kier molecular flexibility index (Phi) is 5.44. The molecule has 28 heavy (non-hydrogen) atoms. The van der Waals surface area contributed by atoms with Gasteiger partial charge in [0.2, 0.25) is 0 Å². The summed E-state index contributed by atoms with van der Waals surface area (Å²) in [5.41, 5.74) is 4.18. The predicted molar refractivity (Wildman–Crippen MR) is 116 cm³/mol. The monoisotopic (exact) mass is 391 g/mol. The van der Waals surface area contributed by atoms with Gasteiger partial charge in [-0.15, -0.1) is 11.3 Å². The molecule has 144 valence electrons. The van der Waals surface area contributed by atoms with Crippen LogP contribution in [0, 0.1) is 0 Å². The number of carbonyl (C=O) groups excluding carboxylic acids is 1. The van der Waals surface area contributed by atoms with Crippen molar-refractivity contribution in [2.75, 3.05) is 11.9 Å². The molecule has 2 amide bonds. The van der Waals surface area contributed by atoms with Gasteiger partial charge in [-0.3, -0.25) is 0 Å². The van der Waals surface area contributed by atoms with Gasteiger partial charge in [-0.05, 0) is 36.5 Å². The van der Waals surface area contributed by atoms with Crippen LogP contribution in [-0.2, 0) is 0 Å². The fraction of sp³-hybridized carbons (Fsp3) is 0.304. The van der Waals surface area contributed by atoms with Crippen molar-refractivity contribution in [3.8, 4) is 11.3 Å². The van der Waals surface area contributed by atoms with E-state index in [9.17, 15) is 4.79 Å². The Labute approximate surface area is 170 Å². The van der Waals surface area contributed by atoms with E-state index in [4.69, 9.17) is 4.98 Å². The van der Waals surface area contributed by atoms with Crippen LogP contribution >= 0.6 is 11.3 Å². The number of anilines is 1. The molecule has 5 heteroatoms. The summed E-state index contributed by atoms with van der Waals surface area (Å²) in [6.07, 6.45) is 1.96. The van der Waals surface area contributed by atoms with Gasteiger partial charge in [-0.1, -0.05) is 56.3 Å². The van der Waals surface area contributed by atoms with Gasteiger partial charge < -0.3 is 10.2 Å². The zero-order valence-corrected chi connectivity index (χ0v) is 17.1. The number of urea groups is 1. The van der Waals surface area contributed by atoms with Gasteiger partial charge in [0.05, 0.1) is 11.7 Å². The Morgan fingerprint density at radius 2 is 2.00 bits per heavy atom. The summed E-state index contributed by atoms with van der Waals surface area (Å²) >= 11 is 1.64. The lowest BCUT2D eigenvalue weighted by molar-refractivity contribution is 0.207. The molecule has 0 saturated carbocycles. The number of thiazole rings is 1. The second-order valence-electron chi connectivity index (χ2n) is 7.50. The van der Waals surface area contributed by atoms with Crippen molar-refractivity contribution in [1.82, 2.24) is 9.88 Å². The highest BCUT2D eigenvalue weighted by molar-refractivity contribution is 7.10. The molecule has 1 saturated heterocycles. The number of amides is 2. The Balaban J connectivity index is 1.50. The lowest BCUT2D eigenvalue weighted by atomic mass is 10.0. The van der Waals surface area contributed by atoms with Crippen molar-refractivity contribution >= 4 is 23.1 Å². The first-order chi connectivity index (χ1) is 13.6. The van der Waals surface area contributed by atoms with E-state index in [1.54, 1.807) is 11.3 Å². The second-order valence-corrected chi connectivity index (χ2v) is 8.39. The zero-order valence-electron chi connectivity index (χ0n) is 16.3. The smallest absolute Gasteiger partial charge is 0.315 e. The van der Waals surface area contributed by atoms with Crippen molar-refractivity contribution < 1.29 is 4.79 Å². The first-order valence-electron chi connectivity index (χ1n) is 9.80. The quantitative estimate of drug-likeness (QED) is 0.567. The molecule has 2 aromatic carbocycles. The molecular weight excluding hydrogens is 366 g/mol. The molecule has 2 heterocycles. The third kappa shape index (κ3) is 3.94. The van der Waals surface area contributed by atoms with Crippen LogP contribution < -0.4 is 5.32 Å². The summed E-state index contributed by atoms with van der Waals surface area (Å²) in [4.78, 5) is 19.7. The molecular formula is C23H25N3OS. The Bertz CT molecular complexity index is 951. The number of benzene rings is 2. The van der Waals surface area contributed by atoms with Gasteiger partial charge in [0.25, 0.3) is 0 Å². The van der Waals surface area contributed by atoms with Crippen LogP contribution in [0.2, 0.25) is 0 Å². The summed E-state index contributed by atoms with van der Waals surface area (Å²) < 4.78 is 0. The van der Waals surface area contributed by atoms with E-state index in [1.807, 2.05) is 35.2 Å². The van der Waals surface area contributed by atoms with Gasteiger partial charge in [0.1, 0.15) is 5.01 Å². The van der Waals surface area contributed by atoms with Gasteiger partial charge in [-0.25, -0.2) is 9.78 Å².